The molecular formula is C11H18O2. The fourth-order valence-electron chi connectivity index (χ4n) is 3.00. The molecule has 3 atom stereocenters. The lowest BCUT2D eigenvalue weighted by molar-refractivity contribution is -0.172. The topological polar surface area (TPSA) is 37.3 Å². The molecule has 0 amide bonds. The Morgan fingerprint density at radius 2 is 2.31 bits per heavy atom. The summed E-state index contributed by atoms with van der Waals surface area (Å²) in [5.41, 5.74) is -0.596. The van der Waals surface area contributed by atoms with Crippen molar-refractivity contribution in [2.75, 3.05) is 0 Å². The Morgan fingerprint density at radius 1 is 1.62 bits per heavy atom. The summed E-state index contributed by atoms with van der Waals surface area (Å²) in [6.07, 6.45) is 3.66. The van der Waals surface area contributed by atoms with Gasteiger partial charge >= 0.3 is 0 Å². The van der Waals surface area contributed by atoms with Gasteiger partial charge in [-0.25, -0.2) is 0 Å². The molecule has 0 bridgehead atoms. The van der Waals surface area contributed by atoms with E-state index in [9.17, 15) is 9.90 Å². The molecule has 1 N–H and O–H groups in total. The summed E-state index contributed by atoms with van der Waals surface area (Å²) >= 11 is 0. The van der Waals surface area contributed by atoms with Gasteiger partial charge in [0.2, 0.25) is 0 Å². The lowest BCUT2D eigenvalue weighted by Crippen LogP contribution is -2.60. The largest absolute Gasteiger partial charge is 0.388 e. The fraction of sp³-hybridized carbons (Fsp3) is 0.909. The van der Waals surface area contributed by atoms with E-state index in [1.54, 1.807) is 0 Å². The van der Waals surface area contributed by atoms with E-state index < -0.39 is 5.60 Å². The first-order valence-electron chi connectivity index (χ1n) is 5.32. The number of aliphatic hydroxyl groups is 1. The summed E-state index contributed by atoms with van der Waals surface area (Å²) in [5, 5.41) is 10.2. The summed E-state index contributed by atoms with van der Waals surface area (Å²) in [7, 11) is 0. The zero-order valence-electron chi connectivity index (χ0n) is 8.42. The van der Waals surface area contributed by atoms with Crippen LogP contribution in [0.2, 0.25) is 0 Å². The number of fused-ring (bicyclic) bond motifs is 1. The highest BCUT2D eigenvalue weighted by Gasteiger charge is 2.62. The molecule has 0 aliphatic heterocycles. The van der Waals surface area contributed by atoms with Gasteiger partial charge in [0, 0.05) is 11.8 Å². The van der Waals surface area contributed by atoms with Crippen LogP contribution in [0, 0.1) is 17.8 Å². The maximum atomic E-state index is 11.6. The van der Waals surface area contributed by atoms with Gasteiger partial charge in [0.1, 0.15) is 5.78 Å². The Bertz CT molecular complexity index is 234. The van der Waals surface area contributed by atoms with Gasteiger partial charge in [0.25, 0.3) is 0 Å². The van der Waals surface area contributed by atoms with Crippen LogP contribution in [0.25, 0.3) is 0 Å². The molecule has 74 valence electrons. The molecule has 2 heteroatoms. The maximum absolute atomic E-state index is 11.6. The lowest BCUT2D eigenvalue weighted by Gasteiger charge is -2.47. The Hall–Kier alpha value is -0.370. The monoisotopic (exact) mass is 182 g/mol. The minimum absolute atomic E-state index is 0.00347. The average Bonchev–Trinajstić information content (AvgIpc) is 2.40. The quantitative estimate of drug-likeness (QED) is 0.706. The molecule has 2 fully saturated rings. The first-order chi connectivity index (χ1) is 6.05. The van der Waals surface area contributed by atoms with Crippen LogP contribution < -0.4 is 0 Å². The van der Waals surface area contributed by atoms with Crippen LogP contribution in [-0.2, 0) is 4.79 Å². The average molecular weight is 182 g/mol. The minimum Gasteiger partial charge on any atom is -0.388 e. The minimum atomic E-state index is -0.596. The van der Waals surface area contributed by atoms with Gasteiger partial charge in [0.05, 0.1) is 5.60 Å². The van der Waals surface area contributed by atoms with Crippen molar-refractivity contribution in [2.24, 2.45) is 17.8 Å². The predicted molar refractivity (Wildman–Crippen MR) is 50.2 cm³/mol. The Kier molecular flexibility index (Phi) is 1.99. The summed E-state index contributed by atoms with van der Waals surface area (Å²) in [5.74, 6) is 0.796. The van der Waals surface area contributed by atoms with Gasteiger partial charge in [-0.2, -0.15) is 0 Å². The summed E-state index contributed by atoms with van der Waals surface area (Å²) < 4.78 is 0. The number of Topliss-reactive ketones (excluding diaryl/α,β-unsaturated/α-hetero) is 1. The number of rotatable bonds is 2. The zero-order valence-corrected chi connectivity index (χ0v) is 8.42. The molecule has 0 radical (unpaired) electrons. The normalized spacial score (nSPS) is 43.5. The van der Waals surface area contributed by atoms with Crippen molar-refractivity contribution in [3.63, 3.8) is 0 Å². The van der Waals surface area contributed by atoms with E-state index in [2.05, 4.69) is 13.8 Å². The second-order valence-corrected chi connectivity index (χ2v) is 5.02. The third kappa shape index (κ3) is 1.15. The molecule has 2 aliphatic carbocycles. The van der Waals surface area contributed by atoms with Crippen LogP contribution >= 0.6 is 0 Å². The maximum Gasteiger partial charge on any atom is 0.144 e. The molecule has 2 aliphatic rings. The van der Waals surface area contributed by atoms with Crippen molar-refractivity contribution < 1.29 is 9.90 Å². The molecular weight excluding hydrogens is 164 g/mol. The Morgan fingerprint density at radius 3 is 2.92 bits per heavy atom. The van der Waals surface area contributed by atoms with E-state index >= 15 is 0 Å². The first-order valence-corrected chi connectivity index (χ1v) is 5.32. The van der Waals surface area contributed by atoms with E-state index in [0.717, 1.165) is 25.7 Å². The lowest BCUT2D eigenvalue weighted by atomic mass is 9.59. The number of carbonyl (C=O) groups is 1. The van der Waals surface area contributed by atoms with Crippen LogP contribution in [-0.4, -0.2) is 16.5 Å². The van der Waals surface area contributed by atoms with Crippen LogP contribution in [0.3, 0.4) is 0 Å². The van der Waals surface area contributed by atoms with Gasteiger partial charge in [-0.1, -0.05) is 13.8 Å². The van der Waals surface area contributed by atoms with Crippen molar-refractivity contribution in [2.45, 2.75) is 45.1 Å². The third-order valence-electron chi connectivity index (χ3n) is 3.67. The number of hydrogen-bond acceptors (Lipinski definition) is 2. The summed E-state index contributed by atoms with van der Waals surface area (Å²) in [6.45, 7) is 4.22. The van der Waals surface area contributed by atoms with Gasteiger partial charge in [0.15, 0.2) is 0 Å². The standard InChI is InChI=1S/C11H18O2/c1-7(2)6-9-10(12)8-4-3-5-11(8,9)13/h7-9,13H,3-6H2,1-2H3/t8?,9-,11-/m1/s1. The molecule has 2 nitrogen and oxygen atoms in total. The van der Waals surface area contributed by atoms with Crippen LogP contribution in [0.15, 0.2) is 0 Å². The van der Waals surface area contributed by atoms with Gasteiger partial charge < -0.3 is 5.11 Å². The van der Waals surface area contributed by atoms with E-state index in [4.69, 9.17) is 0 Å². The molecule has 2 saturated carbocycles. The second kappa shape index (κ2) is 2.81. The second-order valence-electron chi connectivity index (χ2n) is 5.02. The van der Waals surface area contributed by atoms with Crippen LogP contribution in [0.4, 0.5) is 0 Å². The Labute approximate surface area is 79.3 Å². The highest BCUT2D eigenvalue weighted by Crippen LogP contribution is 2.53. The SMILES string of the molecule is CC(C)C[C@@H]1C(=O)C2CCC[C@@]21O. The van der Waals surface area contributed by atoms with Crippen molar-refractivity contribution in [1.82, 2.24) is 0 Å². The van der Waals surface area contributed by atoms with Gasteiger partial charge in [-0.3, -0.25) is 4.79 Å². The predicted octanol–water partition coefficient (Wildman–Crippen LogP) is 1.76. The number of ketones is 1. The fourth-order valence-corrected chi connectivity index (χ4v) is 3.00. The van der Waals surface area contributed by atoms with E-state index in [1.807, 2.05) is 0 Å². The number of hydrogen-bond donors (Lipinski definition) is 1. The van der Waals surface area contributed by atoms with E-state index in [0.29, 0.717) is 11.7 Å². The summed E-state index contributed by atoms with van der Waals surface area (Å²) in [6, 6.07) is 0. The molecule has 0 aromatic heterocycles. The van der Waals surface area contributed by atoms with Gasteiger partial charge in [-0.05, 0) is 31.6 Å². The highest BCUT2D eigenvalue weighted by atomic mass is 16.3. The zero-order chi connectivity index (χ0) is 9.64. The van der Waals surface area contributed by atoms with Crippen molar-refractivity contribution in [3.05, 3.63) is 0 Å². The van der Waals surface area contributed by atoms with Gasteiger partial charge in [-0.15, -0.1) is 0 Å². The Balaban J connectivity index is 2.09. The molecule has 0 saturated heterocycles. The third-order valence-corrected chi connectivity index (χ3v) is 3.67. The van der Waals surface area contributed by atoms with E-state index in [-0.39, 0.29) is 11.8 Å². The summed E-state index contributed by atoms with van der Waals surface area (Å²) in [4.78, 5) is 11.6. The molecule has 13 heavy (non-hydrogen) atoms. The van der Waals surface area contributed by atoms with Crippen LogP contribution in [0.1, 0.15) is 39.5 Å². The first kappa shape index (κ1) is 9.20. The molecule has 1 unspecified atom stereocenters. The van der Waals surface area contributed by atoms with Crippen molar-refractivity contribution in [3.8, 4) is 0 Å². The molecule has 0 spiro atoms. The van der Waals surface area contributed by atoms with E-state index in [1.165, 1.54) is 0 Å². The molecule has 0 heterocycles. The number of carbonyl (C=O) groups excluding carboxylic acids is 1. The highest BCUT2D eigenvalue weighted by molar-refractivity contribution is 5.93. The molecule has 2 rings (SSSR count). The smallest absolute Gasteiger partial charge is 0.144 e. The molecule has 0 aromatic carbocycles. The van der Waals surface area contributed by atoms with Crippen LogP contribution in [0.5, 0.6) is 0 Å². The van der Waals surface area contributed by atoms with Crippen molar-refractivity contribution in [1.29, 1.82) is 0 Å². The van der Waals surface area contributed by atoms with Crippen molar-refractivity contribution >= 4 is 5.78 Å². The molecule has 0 aromatic rings.